The minimum Gasteiger partial charge on any atom is -0.394 e. The highest BCUT2D eigenvalue weighted by Gasteiger charge is 2.17. The fourth-order valence-electron chi connectivity index (χ4n) is 3.81. The van der Waals surface area contributed by atoms with Gasteiger partial charge in [0.15, 0.2) is 0 Å². The second-order valence-electron chi connectivity index (χ2n) is 8.25. The maximum Gasteiger partial charge on any atom is 0.323 e. The van der Waals surface area contributed by atoms with E-state index in [0.717, 1.165) is 6.07 Å². The summed E-state index contributed by atoms with van der Waals surface area (Å²) >= 11 is 6.34. The molecule has 2 heterocycles. The van der Waals surface area contributed by atoms with E-state index in [2.05, 4.69) is 20.9 Å². The van der Waals surface area contributed by atoms with Crippen molar-refractivity contribution in [1.82, 2.24) is 9.55 Å². The Morgan fingerprint density at radius 3 is 2.64 bits per heavy atom. The van der Waals surface area contributed by atoms with Gasteiger partial charge in [-0.05, 0) is 49.1 Å². The molecule has 186 valence electrons. The lowest BCUT2D eigenvalue weighted by Crippen LogP contribution is -2.24. The van der Waals surface area contributed by atoms with Crippen molar-refractivity contribution in [2.24, 2.45) is 0 Å². The first-order chi connectivity index (χ1) is 17.3. The molecule has 0 saturated carbocycles. The zero-order valence-electron chi connectivity index (χ0n) is 19.7. The molecule has 4 N–H and O–H groups in total. The molecule has 2 aromatic heterocycles. The van der Waals surface area contributed by atoms with E-state index in [1.54, 1.807) is 42.7 Å². The Bertz CT molecular complexity index is 1480. The third-order valence-electron chi connectivity index (χ3n) is 5.60. The first-order valence-electron chi connectivity index (χ1n) is 11.3. The van der Waals surface area contributed by atoms with Gasteiger partial charge in [-0.15, -0.1) is 0 Å². The number of aryl methyl sites for hydroxylation is 1. The van der Waals surface area contributed by atoms with Crippen molar-refractivity contribution in [1.29, 1.82) is 0 Å². The number of halogens is 2. The van der Waals surface area contributed by atoms with E-state index in [9.17, 15) is 19.1 Å². The van der Waals surface area contributed by atoms with Crippen LogP contribution in [0.15, 0.2) is 65.7 Å². The van der Waals surface area contributed by atoms with Crippen LogP contribution in [0.3, 0.4) is 0 Å². The molecule has 0 saturated heterocycles. The lowest BCUT2D eigenvalue weighted by Gasteiger charge is -2.16. The van der Waals surface area contributed by atoms with Crippen LogP contribution < -0.4 is 21.5 Å². The number of para-hydroxylation sites is 1. The number of nitrogens with zero attached hydrogens (tertiary/aromatic N) is 2. The number of urea groups is 1. The quantitative estimate of drug-likeness (QED) is 0.274. The maximum atomic E-state index is 14.7. The first kappa shape index (κ1) is 25.2. The van der Waals surface area contributed by atoms with Crippen LogP contribution in [0, 0.1) is 5.82 Å². The van der Waals surface area contributed by atoms with Crippen molar-refractivity contribution >= 4 is 45.6 Å². The Hall–Kier alpha value is -3.95. The van der Waals surface area contributed by atoms with E-state index in [0.29, 0.717) is 34.3 Å². The van der Waals surface area contributed by atoms with E-state index in [-0.39, 0.29) is 34.6 Å². The standard InChI is InChI=1S/C26H25ClFN5O3/c1-3-18-19-9-24(30-15(2)14-34)29-12-16(19)13-33(25(18)35)23-11-22(21(28)10-20(23)27)32-26(36)31-17-7-5-4-6-8-17/h4-13,15,30,34H,3,14H2,1-2H3,(H2,31,32,36)/t15-/m0/s1. The Morgan fingerprint density at radius 2 is 1.94 bits per heavy atom. The monoisotopic (exact) mass is 509 g/mol. The zero-order chi connectivity index (χ0) is 25.8. The number of amides is 2. The smallest absolute Gasteiger partial charge is 0.323 e. The number of nitrogens with one attached hydrogen (secondary N) is 3. The van der Waals surface area contributed by atoms with Gasteiger partial charge >= 0.3 is 6.03 Å². The second kappa shape index (κ2) is 10.8. The predicted octanol–water partition coefficient (Wildman–Crippen LogP) is 5.18. The highest BCUT2D eigenvalue weighted by atomic mass is 35.5. The summed E-state index contributed by atoms with van der Waals surface area (Å²) in [5.74, 6) is -0.210. The molecule has 0 aliphatic rings. The summed E-state index contributed by atoms with van der Waals surface area (Å²) in [7, 11) is 0. The number of pyridine rings is 2. The van der Waals surface area contributed by atoms with E-state index >= 15 is 0 Å². The number of aliphatic hydroxyl groups is 1. The Labute approximate surface area is 211 Å². The molecule has 2 amide bonds. The minimum absolute atomic E-state index is 0.00744. The summed E-state index contributed by atoms with van der Waals surface area (Å²) in [4.78, 5) is 30.2. The van der Waals surface area contributed by atoms with Crippen molar-refractivity contribution in [3.05, 3.63) is 87.7 Å². The Morgan fingerprint density at radius 1 is 1.19 bits per heavy atom. The summed E-state index contributed by atoms with van der Waals surface area (Å²) < 4.78 is 16.0. The number of rotatable bonds is 7. The van der Waals surface area contributed by atoms with Crippen LogP contribution in [0.1, 0.15) is 19.4 Å². The number of hydrogen-bond donors (Lipinski definition) is 4. The van der Waals surface area contributed by atoms with Crippen molar-refractivity contribution in [3.63, 3.8) is 0 Å². The lowest BCUT2D eigenvalue weighted by molar-refractivity contribution is 0.262. The van der Waals surface area contributed by atoms with Crippen LogP contribution in [0.25, 0.3) is 16.5 Å². The molecular weight excluding hydrogens is 485 g/mol. The van der Waals surface area contributed by atoms with Gasteiger partial charge in [-0.3, -0.25) is 9.36 Å². The SMILES string of the molecule is CCc1c(=O)n(-c2cc(NC(=O)Nc3ccccc3)c(F)cc2Cl)cc2cnc(N[C@@H](C)CO)cc12. The van der Waals surface area contributed by atoms with Crippen molar-refractivity contribution in [3.8, 4) is 5.69 Å². The van der Waals surface area contributed by atoms with Gasteiger partial charge in [0.2, 0.25) is 0 Å². The van der Waals surface area contributed by atoms with Crippen molar-refractivity contribution in [2.75, 3.05) is 22.6 Å². The average molecular weight is 510 g/mol. The molecule has 1 atom stereocenters. The molecule has 2 aromatic carbocycles. The predicted molar refractivity (Wildman–Crippen MR) is 141 cm³/mol. The highest BCUT2D eigenvalue weighted by molar-refractivity contribution is 6.32. The third-order valence-corrected chi connectivity index (χ3v) is 5.91. The fraction of sp³-hybridized carbons (Fsp3) is 0.192. The van der Waals surface area contributed by atoms with E-state index < -0.39 is 11.8 Å². The van der Waals surface area contributed by atoms with Gasteiger partial charge in [-0.1, -0.05) is 36.7 Å². The zero-order valence-corrected chi connectivity index (χ0v) is 20.4. The van der Waals surface area contributed by atoms with Gasteiger partial charge < -0.3 is 21.1 Å². The summed E-state index contributed by atoms with van der Waals surface area (Å²) in [6.07, 6.45) is 3.62. The molecule has 0 aliphatic carbocycles. The molecule has 0 spiro atoms. The number of fused-ring (bicyclic) bond motifs is 1. The third kappa shape index (κ3) is 5.32. The molecule has 36 heavy (non-hydrogen) atoms. The van der Waals surface area contributed by atoms with Crippen LogP contribution in [-0.4, -0.2) is 33.3 Å². The fourth-order valence-corrected chi connectivity index (χ4v) is 4.05. The Kier molecular flexibility index (Phi) is 7.52. The number of anilines is 3. The van der Waals surface area contributed by atoms with Gasteiger partial charge in [-0.25, -0.2) is 14.2 Å². The van der Waals surface area contributed by atoms with Crippen LogP contribution >= 0.6 is 11.6 Å². The minimum atomic E-state index is -0.744. The van der Waals surface area contributed by atoms with Gasteiger partial charge in [0.25, 0.3) is 5.56 Å². The van der Waals surface area contributed by atoms with Crippen LogP contribution in [0.5, 0.6) is 0 Å². The van der Waals surface area contributed by atoms with Crippen molar-refractivity contribution < 1.29 is 14.3 Å². The average Bonchev–Trinajstić information content (AvgIpc) is 2.86. The molecule has 0 radical (unpaired) electrons. The molecular formula is C26H25ClFN5O3. The van der Waals surface area contributed by atoms with Crippen LogP contribution in [0.2, 0.25) is 5.02 Å². The number of carbonyl (C=O) groups excluding carboxylic acids is 1. The number of carbonyl (C=O) groups is 1. The van der Waals surface area contributed by atoms with Gasteiger partial charge in [0.1, 0.15) is 11.6 Å². The lowest BCUT2D eigenvalue weighted by atomic mass is 10.1. The second-order valence-corrected chi connectivity index (χ2v) is 8.66. The van der Waals surface area contributed by atoms with Gasteiger partial charge in [0, 0.05) is 35.1 Å². The van der Waals surface area contributed by atoms with Crippen molar-refractivity contribution in [2.45, 2.75) is 26.3 Å². The number of benzene rings is 2. The summed E-state index contributed by atoms with van der Waals surface area (Å²) in [5.41, 5.74) is 0.809. The largest absolute Gasteiger partial charge is 0.394 e. The van der Waals surface area contributed by atoms with Crippen LogP contribution in [-0.2, 0) is 6.42 Å². The van der Waals surface area contributed by atoms with E-state index in [1.165, 1.54) is 10.6 Å². The van der Waals surface area contributed by atoms with Gasteiger partial charge in [0.05, 0.1) is 23.0 Å². The molecule has 0 bridgehead atoms. The highest BCUT2D eigenvalue weighted by Crippen LogP contribution is 2.29. The Balaban J connectivity index is 1.74. The number of aromatic nitrogens is 2. The summed E-state index contributed by atoms with van der Waals surface area (Å²) in [5, 5.41) is 18.9. The first-order valence-corrected chi connectivity index (χ1v) is 11.7. The molecule has 0 aliphatic heterocycles. The topological polar surface area (TPSA) is 108 Å². The van der Waals surface area contributed by atoms with E-state index in [1.807, 2.05) is 19.9 Å². The molecule has 0 unspecified atom stereocenters. The van der Waals surface area contributed by atoms with E-state index in [4.69, 9.17) is 11.6 Å². The van der Waals surface area contributed by atoms with Gasteiger partial charge in [-0.2, -0.15) is 0 Å². The molecule has 8 nitrogen and oxygen atoms in total. The summed E-state index contributed by atoms with van der Waals surface area (Å²) in [6, 6.07) is 12.0. The number of hydrogen-bond acceptors (Lipinski definition) is 5. The summed E-state index contributed by atoms with van der Waals surface area (Å²) in [6.45, 7) is 3.61. The molecule has 0 fully saturated rings. The van der Waals surface area contributed by atoms with Crippen LogP contribution in [0.4, 0.5) is 26.4 Å². The molecule has 4 aromatic rings. The molecule has 4 rings (SSSR count). The number of aliphatic hydroxyl groups excluding tert-OH is 1. The normalized spacial score (nSPS) is 11.8. The maximum absolute atomic E-state index is 14.7. The molecule has 10 heteroatoms.